The third-order valence-corrected chi connectivity index (χ3v) is 4.78. The number of aromatic nitrogens is 2. The van der Waals surface area contributed by atoms with Crippen molar-refractivity contribution in [2.24, 2.45) is 0 Å². The van der Waals surface area contributed by atoms with Gasteiger partial charge in [0.25, 0.3) is 5.56 Å². The minimum atomic E-state index is -1.82. The van der Waals surface area contributed by atoms with Crippen LogP contribution in [0.2, 0.25) is 0 Å². The number of aryl methyl sites for hydroxylation is 1. The van der Waals surface area contributed by atoms with Crippen molar-refractivity contribution in [2.45, 2.75) is 32.4 Å². The lowest BCUT2D eigenvalue weighted by molar-refractivity contribution is -0.159. The van der Waals surface area contributed by atoms with E-state index in [4.69, 9.17) is 19.8 Å². The molecule has 0 aliphatic rings. The summed E-state index contributed by atoms with van der Waals surface area (Å²) in [6.07, 6.45) is 2.09. The minimum absolute atomic E-state index is 0.0475. The number of hydrogen-bond acceptors (Lipinski definition) is 6. The van der Waals surface area contributed by atoms with Crippen molar-refractivity contribution in [1.29, 1.82) is 0 Å². The van der Waals surface area contributed by atoms with Crippen molar-refractivity contribution < 1.29 is 19.8 Å². The topological polar surface area (TPSA) is 132 Å². The third-order valence-electron chi connectivity index (χ3n) is 3.87. The summed E-state index contributed by atoms with van der Waals surface area (Å²) in [4.78, 5) is 37.4. The van der Waals surface area contributed by atoms with Crippen LogP contribution >= 0.6 is 11.3 Å². The van der Waals surface area contributed by atoms with Crippen LogP contribution in [-0.2, 0) is 22.6 Å². The zero-order chi connectivity index (χ0) is 20.5. The summed E-state index contributed by atoms with van der Waals surface area (Å²) in [5.74, 6) is -2.95. The largest absolute Gasteiger partial charge is 0.473 e. The van der Waals surface area contributed by atoms with E-state index in [1.165, 1.54) is 16.9 Å². The van der Waals surface area contributed by atoms with Crippen molar-refractivity contribution in [3.8, 4) is 0 Å². The van der Waals surface area contributed by atoms with Gasteiger partial charge in [0, 0.05) is 6.04 Å². The zero-order valence-electron chi connectivity index (χ0n) is 15.2. The van der Waals surface area contributed by atoms with Gasteiger partial charge >= 0.3 is 11.9 Å². The summed E-state index contributed by atoms with van der Waals surface area (Å²) in [6, 6.07) is 12.7. The van der Waals surface area contributed by atoms with Crippen LogP contribution in [0.1, 0.15) is 24.7 Å². The van der Waals surface area contributed by atoms with Gasteiger partial charge in [-0.2, -0.15) is 0 Å². The highest BCUT2D eigenvalue weighted by Gasteiger charge is 2.07. The summed E-state index contributed by atoms with van der Waals surface area (Å²) < 4.78 is 0.695. The van der Waals surface area contributed by atoms with Crippen molar-refractivity contribution >= 4 is 33.5 Å². The number of benzene rings is 1. The molecule has 3 aromatic rings. The fourth-order valence-corrected chi connectivity index (χ4v) is 3.13. The van der Waals surface area contributed by atoms with Crippen LogP contribution < -0.4 is 10.9 Å². The molecular formula is C19H21N3O5S. The fraction of sp³-hybridized carbons (Fsp3) is 0.263. The van der Waals surface area contributed by atoms with Gasteiger partial charge < -0.3 is 20.5 Å². The molecule has 4 N–H and O–H groups in total. The van der Waals surface area contributed by atoms with Gasteiger partial charge in [0.2, 0.25) is 0 Å². The van der Waals surface area contributed by atoms with E-state index in [2.05, 4.69) is 46.5 Å². The van der Waals surface area contributed by atoms with Crippen LogP contribution in [0.4, 0.5) is 0 Å². The standard InChI is InChI=1S/C17H19N3OS.C2H2O4/c1-12(7-8-13-5-3-2-4-6-13)18-11-15-19-14-9-10-22-16(14)17(21)20-15;3-1(4)2(5)6/h2-6,9-10,12,18H,7-8,11H2,1H3,(H,19,20,21);(H,3,4)(H,5,6). The summed E-state index contributed by atoms with van der Waals surface area (Å²) in [5, 5.41) is 20.1. The molecule has 2 aromatic heterocycles. The molecule has 3 rings (SSSR count). The Morgan fingerprint density at radius 3 is 2.50 bits per heavy atom. The number of hydrogen-bond donors (Lipinski definition) is 4. The van der Waals surface area contributed by atoms with Crippen LogP contribution in [0.5, 0.6) is 0 Å². The van der Waals surface area contributed by atoms with Gasteiger partial charge in [0.15, 0.2) is 0 Å². The maximum Gasteiger partial charge on any atom is 0.414 e. The van der Waals surface area contributed by atoms with Crippen LogP contribution in [-0.4, -0.2) is 38.2 Å². The monoisotopic (exact) mass is 403 g/mol. The first kappa shape index (κ1) is 21.3. The molecule has 1 unspecified atom stereocenters. The molecule has 0 radical (unpaired) electrons. The lowest BCUT2D eigenvalue weighted by Gasteiger charge is -2.13. The Bertz CT molecular complexity index is 972. The molecule has 0 spiro atoms. The number of fused-ring (bicyclic) bond motifs is 1. The molecule has 0 bridgehead atoms. The Morgan fingerprint density at radius 1 is 1.18 bits per heavy atom. The predicted molar refractivity (Wildman–Crippen MR) is 107 cm³/mol. The molecule has 0 aliphatic heterocycles. The molecule has 0 aliphatic carbocycles. The molecule has 0 saturated heterocycles. The van der Waals surface area contributed by atoms with Crippen molar-refractivity contribution in [2.75, 3.05) is 0 Å². The van der Waals surface area contributed by atoms with Gasteiger partial charge in [-0.15, -0.1) is 11.3 Å². The molecule has 0 fully saturated rings. The normalized spacial score (nSPS) is 11.5. The predicted octanol–water partition coefficient (Wildman–Crippen LogP) is 2.25. The average Bonchev–Trinajstić information content (AvgIpc) is 3.15. The number of carboxylic acids is 2. The number of nitrogens with one attached hydrogen (secondary N) is 2. The number of aliphatic carboxylic acids is 2. The number of carbonyl (C=O) groups is 2. The van der Waals surface area contributed by atoms with E-state index < -0.39 is 11.9 Å². The highest BCUT2D eigenvalue weighted by Crippen LogP contribution is 2.13. The summed E-state index contributed by atoms with van der Waals surface area (Å²) in [6.45, 7) is 2.74. The molecule has 28 heavy (non-hydrogen) atoms. The number of nitrogens with zero attached hydrogens (tertiary/aromatic N) is 1. The Balaban J connectivity index is 0.000000409. The molecule has 0 amide bonds. The van der Waals surface area contributed by atoms with Crippen molar-refractivity contribution in [3.05, 3.63) is 63.5 Å². The molecule has 0 saturated carbocycles. The second kappa shape index (κ2) is 10.3. The van der Waals surface area contributed by atoms with E-state index in [1.807, 2.05) is 17.5 Å². The quantitative estimate of drug-likeness (QED) is 0.464. The molecule has 148 valence electrons. The third kappa shape index (κ3) is 6.60. The maximum absolute atomic E-state index is 11.9. The fourth-order valence-electron chi connectivity index (χ4n) is 2.41. The Labute approximate surface area is 164 Å². The summed E-state index contributed by atoms with van der Waals surface area (Å²) in [7, 11) is 0. The van der Waals surface area contributed by atoms with Crippen molar-refractivity contribution in [1.82, 2.24) is 15.3 Å². The van der Waals surface area contributed by atoms with E-state index >= 15 is 0 Å². The minimum Gasteiger partial charge on any atom is -0.473 e. The molecule has 8 nitrogen and oxygen atoms in total. The second-order valence-corrected chi connectivity index (χ2v) is 6.98. The molecule has 1 atom stereocenters. The maximum atomic E-state index is 11.9. The lowest BCUT2D eigenvalue weighted by Crippen LogP contribution is -2.28. The number of aromatic amines is 1. The molecular weight excluding hydrogens is 382 g/mol. The number of carboxylic acid groups (broad SMARTS) is 2. The Hall–Kier alpha value is -3.04. The number of rotatable bonds is 6. The van der Waals surface area contributed by atoms with Gasteiger partial charge in [-0.3, -0.25) is 4.79 Å². The van der Waals surface area contributed by atoms with Crippen LogP contribution in [0.25, 0.3) is 10.2 Å². The number of thiophene rings is 1. The van der Waals surface area contributed by atoms with Crippen LogP contribution in [0.15, 0.2) is 46.6 Å². The van der Waals surface area contributed by atoms with Gasteiger partial charge in [-0.05, 0) is 36.8 Å². The highest BCUT2D eigenvalue weighted by atomic mass is 32.1. The van der Waals surface area contributed by atoms with Gasteiger partial charge in [-0.25, -0.2) is 14.6 Å². The summed E-state index contributed by atoms with van der Waals surface area (Å²) >= 11 is 1.43. The van der Waals surface area contributed by atoms with E-state index in [0.29, 0.717) is 23.1 Å². The van der Waals surface area contributed by atoms with E-state index in [-0.39, 0.29) is 5.56 Å². The lowest BCUT2D eigenvalue weighted by atomic mass is 10.1. The number of H-pyrrole nitrogens is 1. The first-order valence-corrected chi connectivity index (χ1v) is 9.44. The molecule has 9 heteroatoms. The van der Waals surface area contributed by atoms with Crippen LogP contribution in [0, 0.1) is 0 Å². The van der Waals surface area contributed by atoms with Gasteiger partial charge in [-0.1, -0.05) is 30.3 Å². The first-order chi connectivity index (χ1) is 13.4. The summed E-state index contributed by atoms with van der Waals surface area (Å²) in [5.41, 5.74) is 2.08. The average molecular weight is 403 g/mol. The highest BCUT2D eigenvalue weighted by molar-refractivity contribution is 7.17. The zero-order valence-corrected chi connectivity index (χ0v) is 16.0. The second-order valence-electron chi connectivity index (χ2n) is 6.06. The molecule has 1 aromatic carbocycles. The van der Waals surface area contributed by atoms with Gasteiger partial charge in [0.05, 0.1) is 12.1 Å². The van der Waals surface area contributed by atoms with E-state index in [0.717, 1.165) is 18.4 Å². The Kier molecular flexibility index (Phi) is 7.85. The smallest absolute Gasteiger partial charge is 0.414 e. The van der Waals surface area contributed by atoms with Gasteiger partial charge in [0.1, 0.15) is 10.5 Å². The van der Waals surface area contributed by atoms with Crippen molar-refractivity contribution in [3.63, 3.8) is 0 Å². The first-order valence-electron chi connectivity index (χ1n) is 8.56. The Morgan fingerprint density at radius 2 is 1.86 bits per heavy atom. The molecule has 2 heterocycles. The van der Waals surface area contributed by atoms with E-state index in [1.54, 1.807) is 0 Å². The van der Waals surface area contributed by atoms with Crippen LogP contribution in [0.3, 0.4) is 0 Å². The van der Waals surface area contributed by atoms with E-state index in [9.17, 15) is 4.79 Å². The SMILES string of the molecule is CC(CCc1ccccc1)NCc1nc2ccsc2c(=O)[nH]1.O=C(O)C(=O)O.